The van der Waals surface area contributed by atoms with Crippen LogP contribution in [0.4, 0.5) is 0 Å². The molecule has 1 aromatic carbocycles. The Morgan fingerprint density at radius 1 is 1.11 bits per heavy atom. The van der Waals surface area contributed by atoms with E-state index in [0.29, 0.717) is 12.8 Å². The molecular weight excluding hydrogens is 344 g/mol. The molecule has 144 valence electrons. The summed E-state index contributed by atoms with van der Waals surface area (Å²) >= 11 is 0. The fraction of sp³-hybridized carbons (Fsp3) is 0.455. The van der Waals surface area contributed by atoms with Gasteiger partial charge in [0.2, 0.25) is 0 Å². The van der Waals surface area contributed by atoms with E-state index in [2.05, 4.69) is 12.2 Å². The van der Waals surface area contributed by atoms with E-state index in [1.165, 1.54) is 0 Å². The minimum absolute atomic E-state index is 0.0425. The standard InChI is InChI=1S/C22H26O5/c1-4-26-20(23)22(21(24)27-5-2)14-16(18-7-6-8-19(18)22)13-15-9-11-17(25-3)12-10-15/h6-7,9-13,18-19H,4-5,8,14H2,1-3H3/b16-13-/t18-,19-/m1/s1. The minimum Gasteiger partial charge on any atom is -0.497 e. The van der Waals surface area contributed by atoms with Crippen molar-refractivity contribution in [2.24, 2.45) is 17.3 Å². The van der Waals surface area contributed by atoms with Crippen molar-refractivity contribution in [3.05, 3.63) is 47.6 Å². The van der Waals surface area contributed by atoms with Gasteiger partial charge in [0.1, 0.15) is 5.75 Å². The van der Waals surface area contributed by atoms with E-state index < -0.39 is 17.4 Å². The molecule has 0 N–H and O–H groups in total. The van der Waals surface area contributed by atoms with Crippen molar-refractivity contribution in [2.45, 2.75) is 26.7 Å². The number of hydrogen-bond acceptors (Lipinski definition) is 5. The van der Waals surface area contributed by atoms with Crippen LogP contribution in [0.2, 0.25) is 0 Å². The lowest BCUT2D eigenvalue weighted by Gasteiger charge is -2.29. The van der Waals surface area contributed by atoms with E-state index in [9.17, 15) is 9.59 Å². The second kappa shape index (κ2) is 7.99. The fourth-order valence-corrected chi connectivity index (χ4v) is 4.22. The van der Waals surface area contributed by atoms with Gasteiger partial charge in [0, 0.05) is 5.92 Å². The summed E-state index contributed by atoms with van der Waals surface area (Å²) in [6.07, 6.45) is 7.20. The highest BCUT2D eigenvalue weighted by Crippen LogP contribution is 2.56. The molecule has 0 spiro atoms. The molecule has 0 amide bonds. The summed E-state index contributed by atoms with van der Waals surface area (Å²) < 4.78 is 15.8. The summed E-state index contributed by atoms with van der Waals surface area (Å²) in [6.45, 7) is 3.99. The van der Waals surface area contributed by atoms with Crippen LogP contribution >= 0.6 is 0 Å². The van der Waals surface area contributed by atoms with Gasteiger partial charge in [-0.2, -0.15) is 0 Å². The monoisotopic (exact) mass is 370 g/mol. The molecule has 1 saturated carbocycles. The maximum absolute atomic E-state index is 12.9. The fourth-order valence-electron chi connectivity index (χ4n) is 4.22. The molecule has 0 saturated heterocycles. The number of fused-ring (bicyclic) bond motifs is 1. The molecule has 5 heteroatoms. The third-order valence-corrected chi connectivity index (χ3v) is 5.46. The molecule has 0 radical (unpaired) electrons. The van der Waals surface area contributed by atoms with Crippen LogP contribution in [0.1, 0.15) is 32.3 Å². The van der Waals surface area contributed by atoms with Gasteiger partial charge in [-0.25, -0.2) is 0 Å². The summed E-state index contributed by atoms with van der Waals surface area (Å²) in [6, 6.07) is 7.73. The number of carbonyl (C=O) groups excluding carboxylic acids is 2. The van der Waals surface area contributed by atoms with Crippen LogP contribution in [0.3, 0.4) is 0 Å². The second-order valence-corrected chi connectivity index (χ2v) is 6.88. The first-order valence-corrected chi connectivity index (χ1v) is 9.42. The van der Waals surface area contributed by atoms with Gasteiger partial charge in [-0.05, 0) is 50.3 Å². The predicted molar refractivity (Wildman–Crippen MR) is 102 cm³/mol. The first kappa shape index (κ1) is 19.2. The first-order chi connectivity index (χ1) is 13.1. The lowest BCUT2D eigenvalue weighted by Crippen LogP contribution is -2.45. The van der Waals surface area contributed by atoms with Crippen LogP contribution in [0.5, 0.6) is 5.75 Å². The topological polar surface area (TPSA) is 61.8 Å². The number of rotatable bonds is 6. The Bertz CT molecular complexity index is 741. The largest absolute Gasteiger partial charge is 0.497 e. The van der Waals surface area contributed by atoms with Crippen LogP contribution in [-0.4, -0.2) is 32.3 Å². The smallest absolute Gasteiger partial charge is 0.324 e. The molecule has 0 aromatic heterocycles. The second-order valence-electron chi connectivity index (χ2n) is 6.88. The molecule has 0 unspecified atom stereocenters. The maximum Gasteiger partial charge on any atom is 0.324 e. The van der Waals surface area contributed by atoms with Gasteiger partial charge in [-0.15, -0.1) is 0 Å². The Kier molecular flexibility index (Phi) is 5.68. The van der Waals surface area contributed by atoms with E-state index in [1.54, 1.807) is 21.0 Å². The Morgan fingerprint density at radius 3 is 2.30 bits per heavy atom. The number of allylic oxidation sites excluding steroid dienone is 3. The zero-order valence-electron chi connectivity index (χ0n) is 16.1. The molecule has 0 bridgehead atoms. The number of esters is 2. The molecule has 0 aliphatic heterocycles. The van der Waals surface area contributed by atoms with Crippen molar-refractivity contribution in [2.75, 3.05) is 20.3 Å². The summed E-state index contributed by atoms with van der Waals surface area (Å²) in [4.78, 5) is 25.8. The first-order valence-electron chi connectivity index (χ1n) is 9.42. The summed E-state index contributed by atoms with van der Waals surface area (Å²) in [7, 11) is 1.63. The molecule has 1 fully saturated rings. The van der Waals surface area contributed by atoms with Gasteiger partial charge >= 0.3 is 11.9 Å². The summed E-state index contributed by atoms with van der Waals surface area (Å²) in [5.41, 5.74) is 0.798. The third kappa shape index (κ3) is 3.38. The Hall–Kier alpha value is -2.56. The van der Waals surface area contributed by atoms with Crippen LogP contribution in [0, 0.1) is 17.3 Å². The molecule has 5 nitrogen and oxygen atoms in total. The van der Waals surface area contributed by atoms with E-state index in [1.807, 2.05) is 30.3 Å². The summed E-state index contributed by atoms with van der Waals surface area (Å²) in [5.74, 6) is -0.267. The van der Waals surface area contributed by atoms with Crippen molar-refractivity contribution < 1.29 is 23.8 Å². The van der Waals surface area contributed by atoms with Gasteiger partial charge in [-0.1, -0.05) is 35.9 Å². The summed E-state index contributed by atoms with van der Waals surface area (Å²) in [5, 5.41) is 0. The zero-order chi connectivity index (χ0) is 19.4. The quantitative estimate of drug-likeness (QED) is 0.433. The van der Waals surface area contributed by atoms with Crippen molar-refractivity contribution >= 4 is 18.0 Å². The van der Waals surface area contributed by atoms with Gasteiger partial charge < -0.3 is 14.2 Å². The lowest BCUT2D eigenvalue weighted by molar-refractivity contribution is -0.175. The maximum atomic E-state index is 12.9. The normalized spacial score (nSPS) is 23.9. The molecule has 3 rings (SSSR count). The Morgan fingerprint density at radius 2 is 1.74 bits per heavy atom. The number of hydrogen-bond donors (Lipinski definition) is 0. The molecule has 27 heavy (non-hydrogen) atoms. The third-order valence-electron chi connectivity index (χ3n) is 5.46. The van der Waals surface area contributed by atoms with Gasteiger partial charge in [0.05, 0.1) is 20.3 Å². The molecular formula is C22H26O5. The lowest BCUT2D eigenvalue weighted by atomic mass is 9.75. The van der Waals surface area contributed by atoms with Gasteiger partial charge in [-0.3, -0.25) is 9.59 Å². The van der Waals surface area contributed by atoms with Crippen LogP contribution in [-0.2, 0) is 19.1 Å². The number of benzene rings is 1. The number of methoxy groups -OCH3 is 1. The molecule has 0 heterocycles. The predicted octanol–water partition coefficient (Wildman–Crippen LogP) is 3.79. The van der Waals surface area contributed by atoms with E-state index in [4.69, 9.17) is 14.2 Å². The number of ether oxygens (including phenoxy) is 3. The van der Waals surface area contributed by atoms with Gasteiger partial charge in [0.25, 0.3) is 0 Å². The Balaban J connectivity index is 2.00. The highest BCUT2D eigenvalue weighted by molar-refractivity contribution is 6.02. The minimum atomic E-state index is -1.27. The zero-order valence-corrected chi connectivity index (χ0v) is 16.1. The van der Waals surface area contributed by atoms with Crippen molar-refractivity contribution in [1.82, 2.24) is 0 Å². The van der Waals surface area contributed by atoms with E-state index in [0.717, 1.165) is 16.9 Å². The van der Waals surface area contributed by atoms with Crippen LogP contribution in [0.15, 0.2) is 42.0 Å². The average Bonchev–Trinajstić information content (AvgIpc) is 3.26. The van der Waals surface area contributed by atoms with Crippen molar-refractivity contribution in [1.29, 1.82) is 0 Å². The highest BCUT2D eigenvalue weighted by Gasteiger charge is 2.62. The average molecular weight is 370 g/mol. The molecule has 2 aliphatic rings. The van der Waals surface area contributed by atoms with Crippen LogP contribution < -0.4 is 4.74 Å². The van der Waals surface area contributed by atoms with E-state index >= 15 is 0 Å². The van der Waals surface area contributed by atoms with Crippen LogP contribution in [0.25, 0.3) is 6.08 Å². The van der Waals surface area contributed by atoms with Crippen molar-refractivity contribution in [3.63, 3.8) is 0 Å². The van der Waals surface area contributed by atoms with E-state index in [-0.39, 0.29) is 25.0 Å². The van der Waals surface area contributed by atoms with Crippen molar-refractivity contribution in [3.8, 4) is 5.75 Å². The highest BCUT2D eigenvalue weighted by atomic mass is 16.6. The Labute approximate surface area is 160 Å². The molecule has 2 atom stereocenters. The molecule has 2 aliphatic carbocycles. The van der Waals surface area contributed by atoms with Gasteiger partial charge in [0.15, 0.2) is 5.41 Å². The SMILES string of the molecule is CCOC(=O)C1(C(=O)OCC)C/C(=C/c2ccc(OC)cc2)[C@H]2C=CC[C@H]21. The molecule has 1 aromatic rings. The number of carbonyl (C=O) groups is 2.